The van der Waals surface area contributed by atoms with Crippen LogP contribution in [-0.2, 0) is 0 Å². The minimum Gasteiger partial charge on any atom is -0.465 e. The second kappa shape index (κ2) is 8.19. The van der Waals surface area contributed by atoms with Gasteiger partial charge in [0.15, 0.2) is 5.82 Å². The van der Waals surface area contributed by atoms with Crippen LogP contribution in [0.4, 0.5) is 16.4 Å². The van der Waals surface area contributed by atoms with Gasteiger partial charge in [0.1, 0.15) is 5.82 Å². The van der Waals surface area contributed by atoms with Crippen molar-refractivity contribution in [3.8, 4) is 0 Å². The molecule has 1 saturated heterocycles. The molecule has 0 spiro atoms. The van der Waals surface area contributed by atoms with E-state index in [1.807, 2.05) is 24.3 Å². The van der Waals surface area contributed by atoms with Crippen molar-refractivity contribution in [2.24, 2.45) is 0 Å². The second-order valence-corrected chi connectivity index (χ2v) is 9.49. The summed E-state index contributed by atoms with van der Waals surface area (Å²) in [4.78, 5) is 36.6. The van der Waals surface area contributed by atoms with E-state index in [1.165, 1.54) is 17.7 Å². The van der Waals surface area contributed by atoms with Crippen LogP contribution < -0.4 is 5.32 Å². The van der Waals surface area contributed by atoms with Gasteiger partial charge in [0.25, 0.3) is 5.91 Å². The van der Waals surface area contributed by atoms with E-state index in [4.69, 9.17) is 0 Å². The van der Waals surface area contributed by atoms with Crippen LogP contribution in [-0.4, -0.2) is 72.7 Å². The van der Waals surface area contributed by atoms with Crippen LogP contribution >= 0.6 is 22.6 Å². The zero-order valence-electron chi connectivity index (χ0n) is 17.4. The maximum absolute atomic E-state index is 13.2. The molecule has 1 aromatic carbocycles. The van der Waals surface area contributed by atoms with E-state index >= 15 is 0 Å². The lowest BCUT2D eigenvalue weighted by Gasteiger charge is -2.37. The minimum absolute atomic E-state index is 0.0788. The van der Waals surface area contributed by atoms with E-state index in [-0.39, 0.29) is 24.3 Å². The zero-order valence-corrected chi connectivity index (χ0v) is 19.5. The fraction of sp³-hybridized carbons (Fsp3) is 0.381. The van der Waals surface area contributed by atoms with Crippen LogP contribution in [0, 0.1) is 3.57 Å². The molecule has 2 fully saturated rings. The number of rotatable bonds is 4. The Bertz CT molecular complexity index is 1210. The molecule has 0 bridgehead atoms. The van der Waals surface area contributed by atoms with Gasteiger partial charge in [-0.15, -0.1) is 0 Å². The first-order valence-corrected chi connectivity index (χ1v) is 11.6. The van der Waals surface area contributed by atoms with Crippen molar-refractivity contribution in [1.82, 2.24) is 30.0 Å². The van der Waals surface area contributed by atoms with Crippen molar-refractivity contribution in [2.75, 3.05) is 25.0 Å². The summed E-state index contributed by atoms with van der Waals surface area (Å²) in [5, 5.41) is 20.8. The standard InChI is InChI=1S/C21H22IN7O3/c1-11-10-28(6-7-29(11)21(31)32)20(30)19-23-15-5-4-13(22)8-14(15)18(25-19)24-17-9-16(26-27-17)12-2-3-12/h4-5,8-9,11-12H,2-3,6-7,10H2,1H3,(H,31,32)(H2,23,24,25,26,27)/t11-/m1/s1. The minimum atomic E-state index is -0.975. The van der Waals surface area contributed by atoms with E-state index < -0.39 is 6.09 Å². The van der Waals surface area contributed by atoms with Crippen LogP contribution in [0.3, 0.4) is 0 Å². The third kappa shape index (κ3) is 4.08. The number of hydrogen-bond acceptors (Lipinski definition) is 6. The molecule has 1 saturated carbocycles. The molecule has 2 amide bonds. The number of piperazine rings is 1. The summed E-state index contributed by atoms with van der Waals surface area (Å²) >= 11 is 2.23. The Labute approximate surface area is 197 Å². The van der Waals surface area contributed by atoms with Gasteiger partial charge >= 0.3 is 6.09 Å². The third-order valence-electron chi connectivity index (χ3n) is 5.87. The first-order valence-electron chi connectivity index (χ1n) is 10.5. The highest BCUT2D eigenvalue weighted by Gasteiger charge is 2.31. The van der Waals surface area contributed by atoms with Crippen LogP contribution in [0.1, 0.15) is 42.0 Å². The molecule has 166 valence electrons. The van der Waals surface area contributed by atoms with Gasteiger partial charge in [-0.2, -0.15) is 5.10 Å². The van der Waals surface area contributed by atoms with E-state index in [1.54, 1.807) is 11.8 Å². The summed E-state index contributed by atoms with van der Waals surface area (Å²) in [5.74, 6) is 1.47. The fourth-order valence-corrected chi connectivity index (χ4v) is 4.48. The molecule has 1 aliphatic heterocycles. The Kier molecular flexibility index (Phi) is 5.35. The Hall–Kier alpha value is -2.96. The lowest BCUT2D eigenvalue weighted by Crippen LogP contribution is -2.55. The van der Waals surface area contributed by atoms with Crippen molar-refractivity contribution >= 4 is 57.1 Å². The van der Waals surface area contributed by atoms with Crippen molar-refractivity contribution in [1.29, 1.82) is 0 Å². The van der Waals surface area contributed by atoms with Crippen molar-refractivity contribution < 1.29 is 14.7 Å². The van der Waals surface area contributed by atoms with Gasteiger partial charge in [-0.05, 0) is 60.6 Å². The topological polar surface area (TPSA) is 127 Å². The summed E-state index contributed by atoms with van der Waals surface area (Å²) in [6.45, 7) is 2.65. The zero-order chi connectivity index (χ0) is 22.4. The average Bonchev–Trinajstić information content (AvgIpc) is 3.52. The number of benzene rings is 1. The summed E-state index contributed by atoms with van der Waals surface area (Å²) in [5.41, 5.74) is 1.75. The maximum atomic E-state index is 13.2. The lowest BCUT2D eigenvalue weighted by molar-refractivity contribution is 0.0497. The number of aromatic amines is 1. The summed E-state index contributed by atoms with van der Waals surface area (Å²) in [6, 6.07) is 7.45. The number of anilines is 2. The first-order chi connectivity index (χ1) is 15.4. The first kappa shape index (κ1) is 20.9. The van der Waals surface area contributed by atoms with E-state index in [2.05, 4.69) is 48.1 Å². The number of fused-ring (bicyclic) bond motifs is 1. The number of aromatic nitrogens is 4. The van der Waals surface area contributed by atoms with E-state index in [0.29, 0.717) is 36.2 Å². The lowest BCUT2D eigenvalue weighted by atomic mass is 10.2. The Balaban J connectivity index is 1.46. The highest BCUT2D eigenvalue weighted by Crippen LogP contribution is 2.39. The smallest absolute Gasteiger partial charge is 0.407 e. The molecular formula is C21H22IN7O3. The Morgan fingerprint density at radius 2 is 2.03 bits per heavy atom. The normalized spacial score (nSPS) is 18.8. The second-order valence-electron chi connectivity index (χ2n) is 8.24. The van der Waals surface area contributed by atoms with Gasteiger partial charge in [-0.1, -0.05) is 0 Å². The highest BCUT2D eigenvalue weighted by atomic mass is 127. The van der Waals surface area contributed by atoms with Crippen LogP contribution in [0.5, 0.6) is 0 Å². The number of carbonyl (C=O) groups excluding carboxylic acids is 1. The Morgan fingerprint density at radius 1 is 1.22 bits per heavy atom. The van der Waals surface area contributed by atoms with Crippen LogP contribution in [0.15, 0.2) is 24.3 Å². The average molecular weight is 547 g/mol. The van der Waals surface area contributed by atoms with Crippen molar-refractivity contribution in [3.05, 3.63) is 39.4 Å². The molecule has 32 heavy (non-hydrogen) atoms. The number of halogens is 1. The van der Waals surface area contributed by atoms with Gasteiger partial charge in [0.2, 0.25) is 5.82 Å². The number of amides is 2. The molecule has 5 rings (SSSR count). The largest absolute Gasteiger partial charge is 0.465 e. The fourth-order valence-electron chi connectivity index (χ4n) is 3.98. The SMILES string of the molecule is C[C@@H]1CN(C(=O)c2nc(Nc3cc(C4CC4)[nH]n3)c3cc(I)ccc3n2)CCN1C(=O)O. The molecule has 2 aromatic heterocycles. The number of hydrogen-bond donors (Lipinski definition) is 3. The Morgan fingerprint density at radius 3 is 2.75 bits per heavy atom. The number of nitrogens with zero attached hydrogens (tertiary/aromatic N) is 5. The molecule has 2 aliphatic rings. The van der Waals surface area contributed by atoms with Crippen molar-refractivity contribution in [2.45, 2.75) is 31.7 Å². The molecular weight excluding hydrogens is 525 g/mol. The number of carbonyl (C=O) groups is 2. The molecule has 1 atom stereocenters. The maximum Gasteiger partial charge on any atom is 0.407 e. The van der Waals surface area contributed by atoms with Gasteiger partial charge in [-0.3, -0.25) is 9.89 Å². The summed E-state index contributed by atoms with van der Waals surface area (Å²) in [7, 11) is 0. The van der Waals surface area contributed by atoms with Crippen LogP contribution in [0.25, 0.3) is 10.9 Å². The van der Waals surface area contributed by atoms with Gasteiger partial charge in [0, 0.05) is 52.3 Å². The number of carboxylic acid groups (broad SMARTS) is 1. The van der Waals surface area contributed by atoms with E-state index in [0.717, 1.165) is 14.7 Å². The predicted molar refractivity (Wildman–Crippen MR) is 126 cm³/mol. The van der Waals surface area contributed by atoms with Gasteiger partial charge in [-0.25, -0.2) is 14.8 Å². The molecule has 0 unspecified atom stereocenters. The third-order valence-corrected chi connectivity index (χ3v) is 6.54. The van der Waals surface area contributed by atoms with Crippen LogP contribution in [0.2, 0.25) is 0 Å². The quantitative estimate of drug-likeness (QED) is 0.428. The molecule has 3 heterocycles. The highest BCUT2D eigenvalue weighted by molar-refractivity contribution is 14.1. The number of H-pyrrole nitrogens is 1. The molecule has 3 N–H and O–H groups in total. The summed E-state index contributed by atoms with van der Waals surface area (Å²) < 4.78 is 1.03. The summed E-state index contributed by atoms with van der Waals surface area (Å²) in [6.07, 6.45) is 1.36. The molecule has 3 aromatic rings. The van der Waals surface area contributed by atoms with E-state index in [9.17, 15) is 14.7 Å². The molecule has 10 nitrogen and oxygen atoms in total. The molecule has 1 aliphatic carbocycles. The van der Waals surface area contributed by atoms with Gasteiger partial charge in [0.05, 0.1) is 5.52 Å². The monoisotopic (exact) mass is 547 g/mol. The number of nitrogens with one attached hydrogen (secondary N) is 2. The van der Waals surface area contributed by atoms with Gasteiger partial charge < -0.3 is 20.2 Å². The predicted octanol–water partition coefficient (Wildman–Crippen LogP) is 3.40. The van der Waals surface area contributed by atoms with Crippen molar-refractivity contribution in [3.63, 3.8) is 0 Å². The molecule has 0 radical (unpaired) electrons. The molecule has 11 heteroatoms.